The van der Waals surface area contributed by atoms with Gasteiger partial charge in [0.2, 0.25) is 0 Å². The molecule has 2 rings (SSSR count). The molecule has 1 aromatic carbocycles. The topological polar surface area (TPSA) is 71.1 Å². The zero-order valence-electron chi connectivity index (χ0n) is 12.3. The number of anilines is 2. The largest absolute Gasteiger partial charge is 0.373 e. The fourth-order valence-corrected chi connectivity index (χ4v) is 3.26. The molecule has 1 heterocycles. The van der Waals surface area contributed by atoms with Gasteiger partial charge < -0.3 is 5.32 Å². The number of para-hydroxylation sites is 1. The standard InChI is InChI=1S/C15H19N3O2S/c1-4-12-7-5-6-11(2)15(12)18-21(19,20)13-8-9-17-14(10-13)16-3/h5-10,18H,4H2,1-3H3,(H,16,17). The maximum absolute atomic E-state index is 12.5. The van der Waals surface area contributed by atoms with Gasteiger partial charge in [-0.25, -0.2) is 13.4 Å². The predicted molar refractivity (Wildman–Crippen MR) is 85.1 cm³/mol. The Labute approximate surface area is 125 Å². The Bertz CT molecular complexity index is 742. The van der Waals surface area contributed by atoms with Gasteiger partial charge in [0.25, 0.3) is 10.0 Å². The molecule has 5 nitrogen and oxygen atoms in total. The highest BCUT2D eigenvalue weighted by molar-refractivity contribution is 7.92. The molecule has 0 unspecified atom stereocenters. The van der Waals surface area contributed by atoms with Crippen LogP contribution in [0.5, 0.6) is 0 Å². The number of hydrogen-bond acceptors (Lipinski definition) is 4. The van der Waals surface area contributed by atoms with Crippen LogP contribution in [0.25, 0.3) is 0 Å². The predicted octanol–water partition coefficient (Wildman–Crippen LogP) is 2.79. The Kier molecular flexibility index (Phi) is 4.47. The molecule has 0 saturated carbocycles. The second kappa shape index (κ2) is 6.13. The van der Waals surface area contributed by atoms with Crippen LogP contribution in [-0.4, -0.2) is 20.4 Å². The number of benzene rings is 1. The molecule has 0 aliphatic heterocycles. The van der Waals surface area contributed by atoms with Crippen LogP contribution in [-0.2, 0) is 16.4 Å². The quantitative estimate of drug-likeness (QED) is 0.891. The molecule has 1 aromatic heterocycles. The highest BCUT2D eigenvalue weighted by Crippen LogP contribution is 2.25. The molecular formula is C15H19N3O2S. The van der Waals surface area contributed by atoms with Gasteiger partial charge in [0, 0.05) is 19.3 Å². The van der Waals surface area contributed by atoms with E-state index in [1.54, 1.807) is 7.05 Å². The van der Waals surface area contributed by atoms with E-state index in [4.69, 9.17) is 0 Å². The van der Waals surface area contributed by atoms with Gasteiger partial charge >= 0.3 is 0 Å². The van der Waals surface area contributed by atoms with Crippen LogP contribution in [0.3, 0.4) is 0 Å². The summed E-state index contributed by atoms with van der Waals surface area (Å²) in [6, 6.07) is 8.73. The van der Waals surface area contributed by atoms with Crippen molar-refractivity contribution in [3.63, 3.8) is 0 Å². The Balaban J connectivity index is 2.42. The van der Waals surface area contributed by atoms with Crippen LogP contribution < -0.4 is 10.0 Å². The van der Waals surface area contributed by atoms with Crippen LogP contribution in [0.2, 0.25) is 0 Å². The molecule has 112 valence electrons. The number of rotatable bonds is 5. The Morgan fingerprint density at radius 3 is 2.67 bits per heavy atom. The summed E-state index contributed by atoms with van der Waals surface area (Å²) in [6.07, 6.45) is 2.23. The number of nitrogens with one attached hydrogen (secondary N) is 2. The smallest absolute Gasteiger partial charge is 0.262 e. The number of aromatic nitrogens is 1. The maximum atomic E-state index is 12.5. The third-order valence-electron chi connectivity index (χ3n) is 3.27. The first-order chi connectivity index (χ1) is 9.97. The third kappa shape index (κ3) is 3.33. The van der Waals surface area contributed by atoms with Crippen molar-refractivity contribution in [2.45, 2.75) is 25.2 Å². The van der Waals surface area contributed by atoms with E-state index in [0.717, 1.165) is 17.5 Å². The minimum atomic E-state index is -3.63. The van der Waals surface area contributed by atoms with E-state index in [2.05, 4.69) is 15.0 Å². The van der Waals surface area contributed by atoms with Crippen LogP contribution in [0.1, 0.15) is 18.1 Å². The maximum Gasteiger partial charge on any atom is 0.262 e. The van der Waals surface area contributed by atoms with Crippen molar-refractivity contribution >= 4 is 21.5 Å². The minimum Gasteiger partial charge on any atom is -0.373 e. The number of pyridine rings is 1. The number of aryl methyl sites for hydroxylation is 2. The van der Waals surface area contributed by atoms with Gasteiger partial charge in [0.05, 0.1) is 10.6 Å². The lowest BCUT2D eigenvalue weighted by Gasteiger charge is -2.14. The van der Waals surface area contributed by atoms with E-state index >= 15 is 0 Å². The molecule has 0 saturated heterocycles. The van der Waals surface area contributed by atoms with Crippen molar-refractivity contribution in [3.8, 4) is 0 Å². The molecule has 0 aliphatic carbocycles. The zero-order valence-corrected chi connectivity index (χ0v) is 13.2. The second-order valence-electron chi connectivity index (χ2n) is 4.69. The van der Waals surface area contributed by atoms with Gasteiger partial charge in [-0.05, 0) is 30.5 Å². The Morgan fingerprint density at radius 1 is 1.24 bits per heavy atom. The molecule has 0 spiro atoms. The first-order valence-electron chi connectivity index (χ1n) is 6.73. The summed E-state index contributed by atoms with van der Waals surface area (Å²) in [5.41, 5.74) is 2.53. The first-order valence-corrected chi connectivity index (χ1v) is 8.21. The van der Waals surface area contributed by atoms with E-state index in [-0.39, 0.29) is 4.90 Å². The van der Waals surface area contributed by atoms with E-state index in [0.29, 0.717) is 11.5 Å². The van der Waals surface area contributed by atoms with Crippen molar-refractivity contribution < 1.29 is 8.42 Å². The molecule has 2 aromatic rings. The fraction of sp³-hybridized carbons (Fsp3) is 0.267. The highest BCUT2D eigenvalue weighted by atomic mass is 32.2. The Morgan fingerprint density at radius 2 is 2.00 bits per heavy atom. The minimum absolute atomic E-state index is 0.187. The van der Waals surface area contributed by atoms with Gasteiger partial charge in [-0.15, -0.1) is 0 Å². The van der Waals surface area contributed by atoms with Gasteiger partial charge in [0.1, 0.15) is 5.82 Å². The molecule has 6 heteroatoms. The van der Waals surface area contributed by atoms with Crippen LogP contribution in [0.15, 0.2) is 41.4 Å². The lowest BCUT2D eigenvalue weighted by molar-refractivity contribution is 0.601. The molecule has 21 heavy (non-hydrogen) atoms. The molecule has 0 radical (unpaired) electrons. The molecule has 0 bridgehead atoms. The van der Waals surface area contributed by atoms with Gasteiger partial charge in [0.15, 0.2) is 0 Å². The summed E-state index contributed by atoms with van der Waals surface area (Å²) in [4.78, 5) is 4.21. The van der Waals surface area contributed by atoms with Gasteiger partial charge in [-0.1, -0.05) is 25.1 Å². The molecule has 2 N–H and O–H groups in total. The summed E-state index contributed by atoms with van der Waals surface area (Å²) in [7, 11) is -1.93. The molecular weight excluding hydrogens is 286 g/mol. The van der Waals surface area contributed by atoms with Gasteiger partial charge in [-0.2, -0.15) is 0 Å². The van der Waals surface area contributed by atoms with Crippen molar-refractivity contribution in [2.75, 3.05) is 17.1 Å². The second-order valence-corrected chi connectivity index (χ2v) is 6.38. The van der Waals surface area contributed by atoms with Crippen LogP contribution in [0, 0.1) is 6.92 Å². The third-order valence-corrected chi connectivity index (χ3v) is 4.62. The van der Waals surface area contributed by atoms with Crippen molar-refractivity contribution in [2.24, 2.45) is 0 Å². The summed E-state index contributed by atoms with van der Waals surface area (Å²) < 4.78 is 27.7. The molecule has 0 atom stereocenters. The summed E-state index contributed by atoms with van der Waals surface area (Å²) in [6.45, 7) is 3.89. The summed E-state index contributed by atoms with van der Waals surface area (Å²) in [5.74, 6) is 0.512. The normalized spacial score (nSPS) is 11.2. The number of hydrogen-bond donors (Lipinski definition) is 2. The summed E-state index contributed by atoms with van der Waals surface area (Å²) in [5, 5.41) is 2.83. The van der Waals surface area contributed by atoms with Gasteiger partial charge in [-0.3, -0.25) is 4.72 Å². The van der Waals surface area contributed by atoms with Crippen LogP contribution in [0.4, 0.5) is 11.5 Å². The summed E-state index contributed by atoms with van der Waals surface area (Å²) >= 11 is 0. The highest BCUT2D eigenvalue weighted by Gasteiger charge is 2.17. The fourth-order valence-electron chi connectivity index (χ4n) is 2.08. The monoisotopic (exact) mass is 305 g/mol. The molecule has 0 aliphatic rings. The number of nitrogens with zero attached hydrogens (tertiary/aromatic N) is 1. The van der Waals surface area contributed by atoms with Crippen molar-refractivity contribution in [1.29, 1.82) is 0 Å². The average molecular weight is 305 g/mol. The lowest BCUT2D eigenvalue weighted by atomic mass is 10.1. The average Bonchev–Trinajstić information content (AvgIpc) is 2.49. The Hall–Kier alpha value is -2.08. The number of sulfonamides is 1. The van der Waals surface area contributed by atoms with Crippen LogP contribution >= 0.6 is 0 Å². The molecule has 0 fully saturated rings. The lowest BCUT2D eigenvalue weighted by Crippen LogP contribution is -2.15. The first kappa shape index (κ1) is 15.3. The van der Waals surface area contributed by atoms with E-state index < -0.39 is 10.0 Å². The SMILES string of the molecule is CCc1cccc(C)c1NS(=O)(=O)c1ccnc(NC)c1. The van der Waals surface area contributed by atoms with Crippen molar-refractivity contribution in [3.05, 3.63) is 47.7 Å². The molecule has 0 amide bonds. The van der Waals surface area contributed by atoms with E-state index in [9.17, 15) is 8.42 Å². The van der Waals surface area contributed by atoms with Crippen molar-refractivity contribution in [1.82, 2.24) is 4.98 Å². The van der Waals surface area contributed by atoms with E-state index in [1.807, 2.05) is 32.0 Å². The zero-order chi connectivity index (χ0) is 15.5. The van der Waals surface area contributed by atoms with E-state index in [1.165, 1.54) is 18.3 Å².